The lowest BCUT2D eigenvalue weighted by Gasteiger charge is -2.41. The minimum Gasteiger partial charge on any atom is -0.389 e. The molecular formula is C17H33NO2. The van der Waals surface area contributed by atoms with Crippen LogP contribution in [0.1, 0.15) is 65.2 Å². The van der Waals surface area contributed by atoms with Gasteiger partial charge in [-0.1, -0.05) is 20.3 Å². The Morgan fingerprint density at radius 1 is 1.25 bits per heavy atom. The Hall–Kier alpha value is -0.120. The Balaban J connectivity index is 1.53. The maximum absolute atomic E-state index is 10.0. The number of aliphatic hydroxyl groups excluding tert-OH is 1. The van der Waals surface area contributed by atoms with Gasteiger partial charge >= 0.3 is 0 Å². The van der Waals surface area contributed by atoms with Gasteiger partial charge in [-0.25, -0.2) is 0 Å². The molecule has 1 unspecified atom stereocenters. The van der Waals surface area contributed by atoms with Gasteiger partial charge in [-0.2, -0.15) is 0 Å². The van der Waals surface area contributed by atoms with E-state index >= 15 is 0 Å². The monoisotopic (exact) mass is 283 g/mol. The van der Waals surface area contributed by atoms with E-state index in [0.29, 0.717) is 24.7 Å². The van der Waals surface area contributed by atoms with Crippen LogP contribution in [-0.4, -0.2) is 37.0 Å². The molecule has 0 saturated heterocycles. The fourth-order valence-corrected chi connectivity index (χ4v) is 3.54. The molecular weight excluding hydrogens is 250 g/mol. The van der Waals surface area contributed by atoms with Crippen molar-refractivity contribution in [1.82, 2.24) is 5.32 Å². The first-order chi connectivity index (χ1) is 9.63. The average molecular weight is 283 g/mol. The molecule has 0 aromatic carbocycles. The van der Waals surface area contributed by atoms with E-state index in [1.54, 1.807) is 0 Å². The fourth-order valence-electron chi connectivity index (χ4n) is 3.54. The summed E-state index contributed by atoms with van der Waals surface area (Å²) in [6.45, 7) is 6.82. The molecule has 2 aliphatic carbocycles. The van der Waals surface area contributed by atoms with Gasteiger partial charge < -0.3 is 15.2 Å². The quantitative estimate of drug-likeness (QED) is 0.719. The summed E-state index contributed by atoms with van der Waals surface area (Å²) in [5.41, 5.74) is 0.528. The van der Waals surface area contributed by atoms with E-state index in [9.17, 15) is 5.11 Å². The molecule has 3 heteroatoms. The minimum atomic E-state index is -0.358. The highest BCUT2D eigenvalue weighted by Crippen LogP contribution is 2.42. The first kappa shape index (κ1) is 16.3. The highest BCUT2D eigenvalue weighted by molar-refractivity contribution is 4.88. The van der Waals surface area contributed by atoms with Crippen LogP contribution in [0.5, 0.6) is 0 Å². The normalized spacial score (nSPS) is 30.8. The second kappa shape index (κ2) is 7.77. The van der Waals surface area contributed by atoms with Gasteiger partial charge in [0.15, 0.2) is 0 Å². The summed E-state index contributed by atoms with van der Waals surface area (Å²) in [5.74, 6) is 0.856. The second-order valence-corrected chi connectivity index (χ2v) is 7.21. The van der Waals surface area contributed by atoms with Crippen LogP contribution in [0, 0.1) is 11.3 Å². The van der Waals surface area contributed by atoms with Crippen LogP contribution in [0.2, 0.25) is 0 Å². The molecule has 0 aromatic heterocycles. The Kier molecular flexibility index (Phi) is 6.31. The lowest BCUT2D eigenvalue weighted by Crippen LogP contribution is -2.42. The number of aliphatic hydroxyl groups is 1. The molecule has 3 nitrogen and oxygen atoms in total. The Morgan fingerprint density at radius 3 is 2.50 bits per heavy atom. The van der Waals surface area contributed by atoms with Gasteiger partial charge in [-0.3, -0.25) is 0 Å². The van der Waals surface area contributed by atoms with Gasteiger partial charge in [0.2, 0.25) is 0 Å². The third-order valence-corrected chi connectivity index (χ3v) is 5.53. The SMILES string of the molecule is CCC1(CNCC(O)COC2CCC(C)CC2)CCC1. The molecule has 0 heterocycles. The first-order valence-electron chi connectivity index (χ1n) is 8.64. The van der Waals surface area contributed by atoms with Crippen LogP contribution in [0.3, 0.4) is 0 Å². The lowest BCUT2D eigenvalue weighted by atomic mass is 9.67. The smallest absolute Gasteiger partial charge is 0.0897 e. The zero-order chi connectivity index (χ0) is 14.4. The average Bonchev–Trinajstić information content (AvgIpc) is 2.41. The molecule has 0 amide bonds. The van der Waals surface area contributed by atoms with Gasteiger partial charge in [0.05, 0.1) is 18.8 Å². The third-order valence-electron chi connectivity index (χ3n) is 5.53. The van der Waals surface area contributed by atoms with E-state index in [2.05, 4.69) is 19.2 Å². The summed E-state index contributed by atoms with van der Waals surface area (Å²) in [7, 11) is 0. The van der Waals surface area contributed by atoms with Gasteiger partial charge in [-0.05, 0) is 56.3 Å². The first-order valence-corrected chi connectivity index (χ1v) is 8.64. The standard InChI is InChI=1S/C17H33NO2/c1-3-17(9-4-10-17)13-18-11-15(19)12-20-16-7-5-14(2)6-8-16/h14-16,18-19H,3-13H2,1-2H3. The van der Waals surface area contributed by atoms with E-state index in [1.807, 2.05) is 0 Å². The highest BCUT2D eigenvalue weighted by atomic mass is 16.5. The second-order valence-electron chi connectivity index (χ2n) is 7.21. The fraction of sp³-hybridized carbons (Fsp3) is 1.00. The van der Waals surface area contributed by atoms with E-state index in [-0.39, 0.29) is 6.10 Å². The molecule has 0 spiro atoms. The zero-order valence-corrected chi connectivity index (χ0v) is 13.4. The topological polar surface area (TPSA) is 41.5 Å². The number of hydrogen-bond acceptors (Lipinski definition) is 3. The van der Waals surface area contributed by atoms with Crippen LogP contribution in [0.4, 0.5) is 0 Å². The molecule has 118 valence electrons. The molecule has 0 aromatic rings. The van der Waals surface area contributed by atoms with Crippen molar-refractivity contribution in [2.45, 2.75) is 77.4 Å². The Labute approximate surface area is 124 Å². The van der Waals surface area contributed by atoms with Crippen molar-refractivity contribution in [1.29, 1.82) is 0 Å². The van der Waals surface area contributed by atoms with Gasteiger partial charge in [0.1, 0.15) is 0 Å². The lowest BCUT2D eigenvalue weighted by molar-refractivity contribution is -0.0289. The van der Waals surface area contributed by atoms with Crippen molar-refractivity contribution in [2.24, 2.45) is 11.3 Å². The van der Waals surface area contributed by atoms with Crippen molar-refractivity contribution in [3.05, 3.63) is 0 Å². The highest BCUT2D eigenvalue weighted by Gasteiger charge is 2.34. The van der Waals surface area contributed by atoms with Crippen molar-refractivity contribution in [3.63, 3.8) is 0 Å². The molecule has 2 aliphatic rings. The molecule has 2 fully saturated rings. The van der Waals surface area contributed by atoms with E-state index < -0.39 is 0 Å². The Bertz CT molecular complexity index is 265. The summed E-state index contributed by atoms with van der Waals surface area (Å²) in [5, 5.41) is 13.4. The molecule has 2 rings (SSSR count). The number of nitrogens with one attached hydrogen (secondary N) is 1. The van der Waals surface area contributed by atoms with Crippen LogP contribution in [0.25, 0.3) is 0 Å². The number of ether oxygens (including phenoxy) is 1. The van der Waals surface area contributed by atoms with Gasteiger partial charge in [0.25, 0.3) is 0 Å². The maximum Gasteiger partial charge on any atom is 0.0897 e. The molecule has 20 heavy (non-hydrogen) atoms. The van der Waals surface area contributed by atoms with Crippen molar-refractivity contribution < 1.29 is 9.84 Å². The van der Waals surface area contributed by atoms with E-state index in [1.165, 1.54) is 51.4 Å². The van der Waals surface area contributed by atoms with E-state index in [0.717, 1.165) is 12.5 Å². The molecule has 0 bridgehead atoms. The molecule has 1 atom stereocenters. The zero-order valence-electron chi connectivity index (χ0n) is 13.4. The maximum atomic E-state index is 10.0. The number of rotatable bonds is 8. The summed E-state index contributed by atoms with van der Waals surface area (Å²) in [6, 6.07) is 0. The molecule has 0 aliphatic heterocycles. The van der Waals surface area contributed by atoms with Crippen LogP contribution in [0.15, 0.2) is 0 Å². The van der Waals surface area contributed by atoms with E-state index in [4.69, 9.17) is 4.74 Å². The van der Waals surface area contributed by atoms with Gasteiger partial charge in [-0.15, -0.1) is 0 Å². The predicted octanol–water partition coefficient (Wildman–Crippen LogP) is 3.11. The van der Waals surface area contributed by atoms with Crippen molar-refractivity contribution >= 4 is 0 Å². The summed E-state index contributed by atoms with van der Waals surface area (Å²) < 4.78 is 5.85. The molecule has 2 saturated carbocycles. The van der Waals surface area contributed by atoms with Crippen LogP contribution >= 0.6 is 0 Å². The largest absolute Gasteiger partial charge is 0.389 e. The minimum absolute atomic E-state index is 0.358. The third kappa shape index (κ3) is 4.71. The summed E-state index contributed by atoms with van der Waals surface area (Å²) >= 11 is 0. The molecule has 0 radical (unpaired) electrons. The van der Waals surface area contributed by atoms with Crippen LogP contribution in [-0.2, 0) is 4.74 Å². The van der Waals surface area contributed by atoms with Crippen molar-refractivity contribution in [3.8, 4) is 0 Å². The van der Waals surface area contributed by atoms with Crippen molar-refractivity contribution in [2.75, 3.05) is 19.7 Å². The number of hydrogen-bond donors (Lipinski definition) is 2. The molecule has 2 N–H and O–H groups in total. The summed E-state index contributed by atoms with van der Waals surface area (Å²) in [6.07, 6.45) is 10.2. The van der Waals surface area contributed by atoms with Gasteiger partial charge in [0, 0.05) is 13.1 Å². The predicted molar refractivity (Wildman–Crippen MR) is 82.8 cm³/mol. The summed E-state index contributed by atoms with van der Waals surface area (Å²) in [4.78, 5) is 0. The Morgan fingerprint density at radius 2 is 1.95 bits per heavy atom. The van der Waals surface area contributed by atoms with Crippen LogP contribution < -0.4 is 5.32 Å².